The molecule has 3 heterocycles. The molecule has 2 aromatic heterocycles. The zero-order valence-electron chi connectivity index (χ0n) is 15.5. The van der Waals surface area contributed by atoms with Crippen molar-refractivity contribution in [2.45, 2.75) is 36.2 Å². The van der Waals surface area contributed by atoms with Crippen molar-refractivity contribution in [2.24, 2.45) is 0 Å². The van der Waals surface area contributed by atoms with Crippen LogP contribution in [0.15, 0.2) is 69.6 Å². The number of nitrogens with one attached hydrogen (secondary N) is 1. The summed E-state index contributed by atoms with van der Waals surface area (Å²) >= 11 is 5.04. The number of carbonyl (C=O) groups is 1. The summed E-state index contributed by atoms with van der Waals surface area (Å²) in [4.78, 5) is 21.9. The molecule has 0 saturated heterocycles. The van der Waals surface area contributed by atoms with Crippen molar-refractivity contribution in [1.82, 2.24) is 19.7 Å². The van der Waals surface area contributed by atoms with Gasteiger partial charge in [0.2, 0.25) is 11.1 Å². The standard InChI is InChI=1S/C21H18BrN5OS/c22-14-9-7-13(8-10-14)19-18-16(5-3-6-17(18)28)24-20-25-21(26-27(19)20)29-12-15-4-1-2-11-23-15/h1-2,4,7-11,19H,3,5-6,12H2,(H,24,25,26). The molecule has 2 aliphatic rings. The first-order valence-corrected chi connectivity index (χ1v) is 11.2. The number of thioether (sulfide) groups is 1. The zero-order valence-corrected chi connectivity index (χ0v) is 17.9. The number of carbonyl (C=O) groups excluding carboxylic acids is 1. The number of halogens is 1. The predicted octanol–water partition coefficient (Wildman–Crippen LogP) is 4.75. The van der Waals surface area contributed by atoms with Gasteiger partial charge in [-0.3, -0.25) is 9.78 Å². The highest BCUT2D eigenvalue weighted by atomic mass is 79.9. The van der Waals surface area contributed by atoms with Gasteiger partial charge in [0.05, 0.1) is 5.69 Å². The molecule has 0 bridgehead atoms. The number of pyridine rings is 1. The lowest BCUT2D eigenvalue weighted by molar-refractivity contribution is -0.116. The number of benzene rings is 1. The summed E-state index contributed by atoms with van der Waals surface area (Å²) in [6, 6.07) is 13.7. The highest BCUT2D eigenvalue weighted by molar-refractivity contribution is 9.10. The third-order valence-electron chi connectivity index (χ3n) is 5.11. The molecule has 5 rings (SSSR count). The minimum absolute atomic E-state index is 0.190. The third-order valence-corrected chi connectivity index (χ3v) is 6.51. The smallest absolute Gasteiger partial charge is 0.227 e. The lowest BCUT2D eigenvalue weighted by Gasteiger charge is -2.32. The summed E-state index contributed by atoms with van der Waals surface area (Å²) < 4.78 is 2.86. The Balaban J connectivity index is 1.52. The van der Waals surface area contributed by atoms with E-state index in [1.807, 2.05) is 47.1 Å². The van der Waals surface area contributed by atoms with Gasteiger partial charge in [-0.05, 0) is 42.7 Å². The van der Waals surface area contributed by atoms with E-state index >= 15 is 0 Å². The molecule has 0 saturated carbocycles. The van der Waals surface area contributed by atoms with Crippen molar-refractivity contribution in [3.63, 3.8) is 0 Å². The molecule has 0 spiro atoms. The van der Waals surface area contributed by atoms with Gasteiger partial charge in [0.1, 0.15) is 6.04 Å². The minimum Gasteiger partial charge on any atom is -0.328 e. The lowest BCUT2D eigenvalue weighted by atomic mass is 9.85. The first kappa shape index (κ1) is 18.6. The number of anilines is 1. The molecule has 1 aromatic carbocycles. The Bertz CT molecular complexity index is 1090. The van der Waals surface area contributed by atoms with E-state index in [0.29, 0.717) is 23.3 Å². The van der Waals surface area contributed by atoms with Gasteiger partial charge >= 0.3 is 0 Å². The molecule has 0 radical (unpaired) electrons. The van der Waals surface area contributed by atoms with E-state index < -0.39 is 0 Å². The maximum Gasteiger partial charge on any atom is 0.227 e. The second kappa shape index (κ2) is 7.76. The summed E-state index contributed by atoms with van der Waals surface area (Å²) in [5.74, 6) is 1.57. The van der Waals surface area contributed by atoms with Crippen LogP contribution in [-0.2, 0) is 10.5 Å². The number of fused-ring (bicyclic) bond motifs is 1. The second-order valence-corrected chi connectivity index (χ2v) is 8.88. The maximum atomic E-state index is 12.8. The SMILES string of the molecule is O=C1CCCC2=C1C(c1ccc(Br)cc1)n1nc(SCc3ccccn3)nc1N2. The Morgan fingerprint density at radius 2 is 2.03 bits per heavy atom. The lowest BCUT2D eigenvalue weighted by Crippen LogP contribution is -2.31. The molecule has 8 heteroatoms. The Hall–Kier alpha value is -2.45. The van der Waals surface area contributed by atoms with Crippen molar-refractivity contribution < 1.29 is 4.79 Å². The van der Waals surface area contributed by atoms with E-state index in [9.17, 15) is 4.79 Å². The monoisotopic (exact) mass is 467 g/mol. The largest absolute Gasteiger partial charge is 0.328 e. The average molecular weight is 468 g/mol. The number of aromatic nitrogens is 4. The fourth-order valence-electron chi connectivity index (χ4n) is 3.77. The summed E-state index contributed by atoms with van der Waals surface area (Å²) in [5, 5.41) is 8.79. The Labute approximate surface area is 181 Å². The van der Waals surface area contributed by atoms with Gasteiger partial charge in [0.15, 0.2) is 5.78 Å². The number of Topliss-reactive ketones (excluding diaryl/α,β-unsaturated/α-hetero) is 1. The van der Waals surface area contributed by atoms with Crippen LogP contribution in [0.5, 0.6) is 0 Å². The molecule has 29 heavy (non-hydrogen) atoms. The van der Waals surface area contributed by atoms with Crippen molar-refractivity contribution in [3.05, 3.63) is 75.7 Å². The molecule has 3 aromatic rings. The number of ketones is 1. The van der Waals surface area contributed by atoms with E-state index in [-0.39, 0.29) is 11.8 Å². The topological polar surface area (TPSA) is 72.7 Å². The molecule has 146 valence electrons. The van der Waals surface area contributed by atoms with Gasteiger partial charge in [0, 0.05) is 34.1 Å². The first-order chi connectivity index (χ1) is 14.2. The van der Waals surface area contributed by atoms with Gasteiger partial charge in [-0.2, -0.15) is 4.98 Å². The molecule has 1 aliphatic carbocycles. The fraction of sp³-hybridized carbons (Fsp3) is 0.238. The van der Waals surface area contributed by atoms with E-state index in [4.69, 9.17) is 10.1 Å². The fourth-order valence-corrected chi connectivity index (χ4v) is 4.78. The number of nitrogens with zero attached hydrogens (tertiary/aromatic N) is 4. The van der Waals surface area contributed by atoms with Crippen LogP contribution in [0.1, 0.15) is 36.6 Å². The highest BCUT2D eigenvalue weighted by Crippen LogP contribution is 2.40. The van der Waals surface area contributed by atoms with Crippen LogP contribution in [0.3, 0.4) is 0 Å². The molecule has 1 unspecified atom stereocenters. The van der Waals surface area contributed by atoms with Crippen LogP contribution in [0.4, 0.5) is 5.95 Å². The summed E-state index contributed by atoms with van der Waals surface area (Å²) in [6.07, 6.45) is 4.10. The Morgan fingerprint density at radius 1 is 1.17 bits per heavy atom. The van der Waals surface area contributed by atoms with Crippen molar-refractivity contribution in [3.8, 4) is 0 Å². The van der Waals surface area contributed by atoms with Crippen LogP contribution >= 0.6 is 27.7 Å². The maximum absolute atomic E-state index is 12.8. The Kier molecular flexibility index (Phi) is 4.97. The summed E-state index contributed by atoms with van der Waals surface area (Å²) in [7, 11) is 0. The molecule has 0 amide bonds. The second-order valence-electron chi connectivity index (χ2n) is 7.02. The highest BCUT2D eigenvalue weighted by Gasteiger charge is 2.36. The van der Waals surface area contributed by atoms with Crippen molar-refractivity contribution >= 4 is 39.4 Å². The molecule has 1 N–H and O–H groups in total. The van der Waals surface area contributed by atoms with Crippen LogP contribution < -0.4 is 5.32 Å². The molecule has 0 fully saturated rings. The average Bonchev–Trinajstić information content (AvgIpc) is 3.15. The Morgan fingerprint density at radius 3 is 2.83 bits per heavy atom. The van der Waals surface area contributed by atoms with E-state index in [1.165, 1.54) is 0 Å². The quantitative estimate of drug-likeness (QED) is 0.558. The van der Waals surface area contributed by atoms with Crippen LogP contribution in [0.2, 0.25) is 0 Å². The normalized spacial score (nSPS) is 18.2. The van der Waals surface area contributed by atoms with Crippen LogP contribution in [0.25, 0.3) is 0 Å². The van der Waals surface area contributed by atoms with Gasteiger partial charge < -0.3 is 5.32 Å². The van der Waals surface area contributed by atoms with Gasteiger partial charge in [-0.15, -0.1) is 5.10 Å². The number of rotatable bonds is 4. The molecular formula is C21H18BrN5OS. The van der Waals surface area contributed by atoms with Crippen molar-refractivity contribution in [2.75, 3.05) is 5.32 Å². The number of allylic oxidation sites excluding steroid dienone is 2. The molecule has 1 atom stereocenters. The number of hydrogen-bond acceptors (Lipinski definition) is 6. The van der Waals surface area contributed by atoms with Gasteiger partial charge in [-0.25, -0.2) is 4.68 Å². The molecular weight excluding hydrogens is 450 g/mol. The zero-order chi connectivity index (χ0) is 19.8. The molecule has 6 nitrogen and oxygen atoms in total. The van der Waals surface area contributed by atoms with Gasteiger partial charge in [0.25, 0.3) is 0 Å². The van der Waals surface area contributed by atoms with Crippen LogP contribution in [0, 0.1) is 0 Å². The number of hydrogen-bond donors (Lipinski definition) is 1. The van der Waals surface area contributed by atoms with Crippen molar-refractivity contribution in [1.29, 1.82) is 0 Å². The summed E-state index contributed by atoms with van der Waals surface area (Å²) in [5.41, 5.74) is 3.81. The van der Waals surface area contributed by atoms with Crippen LogP contribution in [-0.4, -0.2) is 25.5 Å². The molecule has 1 aliphatic heterocycles. The predicted molar refractivity (Wildman–Crippen MR) is 116 cm³/mol. The minimum atomic E-state index is -0.251. The third kappa shape index (κ3) is 3.62. The van der Waals surface area contributed by atoms with E-state index in [0.717, 1.165) is 39.8 Å². The van der Waals surface area contributed by atoms with Gasteiger partial charge in [-0.1, -0.05) is 45.9 Å². The summed E-state index contributed by atoms with van der Waals surface area (Å²) in [6.45, 7) is 0. The van der Waals surface area contributed by atoms with E-state index in [1.54, 1.807) is 18.0 Å². The van der Waals surface area contributed by atoms with E-state index in [2.05, 4.69) is 26.2 Å². The first-order valence-electron chi connectivity index (χ1n) is 9.47.